The lowest BCUT2D eigenvalue weighted by Crippen LogP contribution is -2.57. The number of fused-ring (bicyclic) bond motifs is 1. The molecule has 0 spiro atoms. The number of hydrogen-bond acceptors (Lipinski definition) is 6. The largest absolute Gasteiger partial charge is 0.497 e. The van der Waals surface area contributed by atoms with Crippen molar-refractivity contribution in [2.75, 3.05) is 14.2 Å². The van der Waals surface area contributed by atoms with Crippen molar-refractivity contribution in [3.8, 4) is 11.5 Å². The summed E-state index contributed by atoms with van der Waals surface area (Å²) in [6.45, 7) is 3.61. The summed E-state index contributed by atoms with van der Waals surface area (Å²) in [6.07, 6.45) is 1.23. The number of ether oxygens (including phenoxy) is 2. The van der Waals surface area contributed by atoms with Gasteiger partial charge < -0.3 is 30.2 Å². The molecule has 4 aromatic carbocycles. The number of carbonyl (C=O) groups is 4. The Bertz CT molecular complexity index is 1630. The van der Waals surface area contributed by atoms with Crippen molar-refractivity contribution in [2.24, 2.45) is 5.92 Å². The van der Waals surface area contributed by atoms with Crippen LogP contribution in [0.3, 0.4) is 0 Å². The second kappa shape index (κ2) is 16.2. The number of rotatable bonds is 15. The number of hydrogen-bond donors (Lipinski definition) is 3. The molecule has 0 aromatic heterocycles. The van der Waals surface area contributed by atoms with Crippen LogP contribution in [0, 0.1) is 5.92 Å². The van der Waals surface area contributed by atoms with Gasteiger partial charge >= 0.3 is 0 Å². The van der Waals surface area contributed by atoms with Gasteiger partial charge in [0.1, 0.15) is 29.9 Å². The third-order valence-electron chi connectivity index (χ3n) is 7.84. The molecule has 0 unspecified atom stereocenters. The molecule has 240 valence electrons. The molecule has 3 atom stereocenters. The maximum Gasteiger partial charge on any atom is 0.243 e. The molecule has 0 bridgehead atoms. The van der Waals surface area contributed by atoms with Gasteiger partial charge in [0.05, 0.1) is 26.7 Å². The van der Waals surface area contributed by atoms with Crippen LogP contribution in [0.4, 0.5) is 0 Å². The molecule has 4 aromatic rings. The fraction of sp³-hybridized carbons (Fsp3) is 0.297. The summed E-state index contributed by atoms with van der Waals surface area (Å²) in [5.41, 5.74) is 2.49. The minimum absolute atomic E-state index is 0.0776. The van der Waals surface area contributed by atoms with Crippen LogP contribution in [-0.2, 0) is 38.4 Å². The zero-order valence-corrected chi connectivity index (χ0v) is 26.6. The van der Waals surface area contributed by atoms with E-state index in [-0.39, 0.29) is 31.1 Å². The first-order valence-electron chi connectivity index (χ1n) is 15.3. The molecule has 0 saturated heterocycles. The van der Waals surface area contributed by atoms with E-state index in [0.29, 0.717) is 17.8 Å². The van der Waals surface area contributed by atoms with E-state index in [1.54, 1.807) is 38.5 Å². The lowest BCUT2D eigenvalue weighted by Gasteiger charge is -2.26. The number of aldehydes is 1. The third kappa shape index (κ3) is 9.17. The van der Waals surface area contributed by atoms with Gasteiger partial charge in [-0.1, -0.05) is 80.6 Å². The lowest BCUT2D eigenvalue weighted by atomic mass is 9.99. The van der Waals surface area contributed by atoms with Gasteiger partial charge in [-0.05, 0) is 64.1 Å². The minimum atomic E-state index is -0.967. The van der Waals surface area contributed by atoms with Crippen LogP contribution in [0.25, 0.3) is 10.8 Å². The van der Waals surface area contributed by atoms with Crippen molar-refractivity contribution in [3.63, 3.8) is 0 Å². The highest BCUT2D eigenvalue weighted by Gasteiger charge is 2.30. The minimum Gasteiger partial charge on any atom is -0.497 e. The topological polar surface area (TPSA) is 123 Å². The third-order valence-corrected chi connectivity index (χ3v) is 7.84. The zero-order chi connectivity index (χ0) is 33.1. The van der Waals surface area contributed by atoms with E-state index in [1.165, 1.54) is 0 Å². The number of methoxy groups -OCH3 is 2. The highest BCUT2D eigenvalue weighted by atomic mass is 16.5. The van der Waals surface area contributed by atoms with E-state index in [2.05, 4.69) is 16.0 Å². The van der Waals surface area contributed by atoms with Gasteiger partial charge in [-0.2, -0.15) is 0 Å². The van der Waals surface area contributed by atoms with Crippen molar-refractivity contribution in [1.82, 2.24) is 16.0 Å². The van der Waals surface area contributed by atoms with Crippen molar-refractivity contribution < 1.29 is 28.7 Å². The van der Waals surface area contributed by atoms with Crippen molar-refractivity contribution in [1.29, 1.82) is 0 Å². The van der Waals surface area contributed by atoms with Gasteiger partial charge in [-0.15, -0.1) is 0 Å². The van der Waals surface area contributed by atoms with Gasteiger partial charge in [0.25, 0.3) is 0 Å². The maximum absolute atomic E-state index is 13.8. The second-order valence-electron chi connectivity index (χ2n) is 11.5. The molecule has 0 saturated carbocycles. The number of carbonyl (C=O) groups excluding carboxylic acids is 4. The molecule has 0 heterocycles. The summed E-state index contributed by atoms with van der Waals surface area (Å²) in [7, 11) is 3.14. The quantitative estimate of drug-likeness (QED) is 0.171. The highest BCUT2D eigenvalue weighted by molar-refractivity contribution is 5.95. The van der Waals surface area contributed by atoms with E-state index in [1.807, 2.05) is 80.6 Å². The Kier molecular flexibility index (Phi) is 11.9. The first-order chi connectivity index (χ1) is 22.2. The lowest BCUT2D eigenvalue weighted by molar-refractivity contribution is -0.133. The number of nitrogens with one attached hydrogen (secondary N) is 3. The number of amides is 3. The van der Waals surface area contributed by atoms with Crippen LogP contribution in [0.2, 0.25) is 0 Å². The van der Waals surface area contributed by atoms with E-state index in [4.69, 9.17) is 9.47 Å². The molecule has 9 nitrogen and oxygen atoms in total. The summed E-state index contributed by atoms with van der Waals surface area (Å²) in [5.74, 6) is -0.263. The molecular weight excluding hydrogens is 582 g/mol. The summed E-state index contributed by atoms with van der Waals surface area (Å²) >= 11 is 0. The van der Waals surface area contributed by atoms with Crippen LogP contribution in [-0.4, -0.2) is 56.4 Å². The summed E-state index contributed by atoms with van der Waals surface area (Å²) in [4.78, 5) is 52.5. The molecule has 4 rings (SSSR count). The van der Waals surface area contributed by atoms with E-state index < -0.39 is 29.9 Å². The molecular formula is C37H41N3O6. The molecule has 0 radical (unpaired) electrons. The Morgan fingerprint density at radius 3 is 1.87 bits per heavy atom. The van der Waals surface area contributed by atoms with Gasteiger partial charge in [-0.3, -0.25) is 14.4 Å². The molecule has 0 aliphatic rings. The standard InChI is InChI=1S/C37H41N3O6/c1-24(2)35(37(44)38-29(23-41)20-25-12-16-30(45-3)17-13-25)40-36(43)33(21-26-14-18-31(46-4)19-15-26)39-34(42)22-28-10-7-9-27-8-5-6-11-32(27)28/h5-19,23-24,29,33,35H,20-22H2,1-4H3,(H,38,44)(H,39,42)(H,40,43)/t29-,33+,35+/m1/s1. The molecule has 0 aliphatic heterocycles. The van der Waals surface area contributed by atoms with Crippen LogP contribution in [0.1, 0.15) is 30.5 Å². The van der Waals surface area contributed by atoms with Crippen molar-refractivity contribution in [3.05, 3.63) is 108 Å². The van der Waals surface area contributed by atoms with Crippen LogP contribution < -0.4 is 25.4 Å². The predicted molar refractivity (Wildman–Crippen MR) is 178 cm³/mol. The maximum atomic E-state index is 13.8. The predicted octanol–water partition coefficient (Wildman–Crippen LogP) is 4.19. The van der Waals surface area contributed by atoms with E-state index in [9.17, 15) is 19.2 Å². The molecule has 3 amide bonds. The van der Waals surface area contributed by atoms with Gasteiger partial charge in [0, 0.05) is 6.42 Å². The summed E-state index contributed by atoms with van der Waals surface area (Å²) in [6, 6.07) is 25.4. The Balaban J connectivity index is 1.49. The molecule has 0 fully saturated rings. The Labute approximate surface area is 269 Å². The average Bonchev–Trinajstić information content (AvgIpc) is 3.07. The first kappa shape index (κ1) is 33.7. The molecule has 9 heteroatoms. The number of benzene rings is 4. The van der Waals surface area contributed by atoms with E-state index >= 15 is 0 Å². The fourth-order valence-corrected chi connectivity index (χ4v) is 5.28. The van der Waals surface area contributed by atoms with Crippen LogP contribution in [0.15, 0.2) is 91.0 Å². The molecule has 0 aliphatic carbocycles. The van der Waals surface area contributed by atoms with Crippen molar-refractivity contribution in [2.45, 2.75) is 51.2 Å². The second-order valence-corrected chi connectivity index (χ2v) is 11.5. The molecule has 46 heavy (non-hydrogen) atoms. The van der Waals surface area contributed by atoms with Gasteiger partial charge in [0.2, 0.25) is 17.7 Å². The first-order valence-corrected chi connectivity index (χ1v) is 15.3. The fourth-order valence-electron chi connectivity index (χ4n) is 5.28. The van der Waals surface area contributed by atoms with E-state index in [0.717, 1.165) is 27.5 Å². The average molecular weight is 624 g/mol. The normalized spacial score (nSPS) is 12.9. The molecule has 3 N–H and O–H groups in total. The monoisotopic (exact) mass is 623 g/mol. The van der Waals surface area contributed by atoms with Gasteiger partial charge in [-0.25, -0.2) is 0 Å². The SMILES string of the molecule is COc1ccc(C[C@H](NC(=O)Cc2cccc3ccccc23)C(=O)N[C@H](C(=O)N[C@@H](C=O)Cc2ccc(OC)cc2)C(C)C)cc1. The smallest absolute Gasteiger partial charge is 0.243 e. The van der Waals surface area contributed by atoms with Crippen LogP contribution >= 0.6 is 0 Å². The van der Waals surface area contributed by atoms with Gasteiger partial charge in [0.15, 0.2) is 0 Å². The highest BCUT2D eigenvalue weighted by Crippen LogP contribution is 2.19. The Hall–Kier alpha value is -5.18. The summed E-state index contributed by atoms with van der Waals surface area (Å²) < 4.78 is 10.4. The van der Waals surface area contributed by atoms with Crippen LogP contribution in [0.5, 0.6) is 11.5 Å². The Morgan fingerprint density at radius 2 is 1.28 bits per heavy atom. The summed E-state index contributed by atoms with van der Waals surface area (Å²) in [5, 5.41) is 10.5. The Morgan fingerprint density at radius 1 is 0.696 bits per heavy atom. The zero-order valence-electron chi connectivity index (χ0n) is 26.6. The van der Waals surface area contributed by atoms with Crippen molar-refractivity contribution >= 4 is 34.8 Å².